The van der Waals surface area contributed by atoms with E-state index in [0.717, 1.165) is 11.1 Å². The van der Waals surface area contributed by atoms with Crippen molar-refractivity contribution in [2.45, 2.75) is 19.8 Å². The third-order valence-corrected chi connectivity index (χ3v) is 3.72. The summed E-state index contributed by atoms with van der Waals surface area (Å²) in [5, 5.41) is 8.94. The summed E-state index contributed by atoms with van der Waals surface area (Å²) < 4.78 is 0. The molecule has 20 heavy (non-hydrogen) atoms. The topological polar surface area (TPSA) is 57.6 Å². The fourth-order valence-electron chi connectivity index (χ4n) is 2.41. The van der Waals surface area contributed by atoms with Crippen LogP contribution >= 0.6 is 0 Å². The van der Waals surface area contributed by atoms with E-state index >= 15 is 0 Å². The molecule has 1 aliphatic heterocycles. The third kappa shape index (κ3) is 3.47. The number of piperidine rings is 1. The van der Waals surface area contributed by atoms with Crippen molar-refractivity contribution in [1.29, 1.82) is 0 Å². The van der Waals surface area contributed by atoms with Crippen LogP contribution in [-0.4, -0.2) is 35.0 Å². The maximum absolute atomic E-state index is 12.2. The van der Waals surface area contributed by atoms with Gasteiger partial charge in [0.15, 0.2) is 0 Å². The Bertz CT molecular complexity index is 514. The van der Waals surface area contributed by atoms with Gasteiger partial charge in [-0.3, -0.25) is 9.59 Å². The van der Waals surface area contributed by atoms with Crippen molar-refractivity contribution in [1.82, 2.24) is 4.90 Å². The Hall–Kier alpha value is -2.10. The number of amides is 1. The molecule has 0 saturated carbocycles. The van der Waals surface area contributed by atoms with Gasteiger partial charge in [0.05, 0.1) is 5.92 Å². The fourth-order valence-corrected chi connectivity index (χ4v) is 2.41. The minimum Gasteiger partial charge on any atom is -0.481 e. The summed E-state index contributed by atoms with van der Waals surface area (Å²) in [5.74, 6) is -1.10. The molecule has 0 atom stereocenters. The Morgan fingerprint density at radius 2 is 1.80 bits per heavy atom. The van der Waals surface area contributed by atoms with Gasteiger partial charge in [-0.25, -0.2) is 0 Å². The number of nitrogens with zero attached hydrogens (tertiary/aromatic N) is 1. The van der Waals surface area contributed by atoms with Crippen LogP contribution in [-0.2, 0) is 9.59 Å². The van der Waals surface area contributed by atoms with Crippen LogP contribution in [0, 0.1) is 5.92 Å². The monoisotopic (exact) mass is 273 g/mol. The van der Waals surface area contributed by atoms with Crippen LogP contribution in [0.1, 0.15) is 25.3 Å². The van der Waals surface area contributed by atoms with Crippen molar-refractivity contribution in [2.24, 2.45) is 5.92 Å². The van der Waals surface area contributed by atoms with Crippen LogP contribution < -0.4 is 0 Å². The molecule has 1 aromatic rings. The number of rotatable bonds is 3. The highest BCUT2D eigenvalue weighted by atomic mass is 16.4. The molecule has 0 radical (unpaired) electrons. The standard InChI is InChI=1S/C16H19NO3/c1-12(13-5-3-2-4-6-13)11-15(18)17-9-7-14(8-10-17)16(19)20/h2-6,11,14H,7-10H2,1H3,(H,19,20)/b12-11+. The molecule has 0 spiro atoms. The van der Waals surface area contributed by atoms with Gasteiger partial charge in [-0.05, 0) is 30.9 Å². The van der Waals surface area contributed by atoms with E-state index in [1.165, 1.54) is 0 Å². The molecular formula is C16H19NO3. The van der Waals surface area contributed by atoms with Crippen molar-refractivity contribution in [2.75, 3.05) is 13.1 Å². The smallest absolute Gasteiger partial charge is 0.306 e. The summed E-state index contributed by atoms with van der Waals surface area (Å²) in [6.07, 6.45) is 2.72. The number of carbonyl (C=O) groups is 2. The second-order valence-electron chi connectivity index (χ2n) is 5.13. The molecule has 2 rings (SSSR count). The molecule has 0 unspecified atom stereocenters. The van der Waals surface area contributed by atoms with Crippen LogP contribution in [0.4, 0.5) is 0 Å². The molecule has 4 nitrogen and oxygen atoms in total. The molecule has 0 aliphatic carbocycles. The molecule has 1 saturated heterocycles. The molecule has 1 amide bonds. The van der Waals surface area contributed by atoms with Gasteiger partial charge < -0.3 is 10.0 Å². The van der Waals surface area contributed by atoms with Gasteiger partial charge in [0, 0.05) is 19.2 Å². The minimum atomic E-state index is -0.756. The molecule has 1 aliphatic rings. The van der Waals surface area contributed by atoms with E-state index < -0.39 is 5.97 Å². The van der Waals surface area contributed by atoms with E-state index in [9.17, 15) is 9.59 Å². The molecular weight excluding hydrogens is 254 g/mol. The van der Waals surface area contributed by atoms with Crippen molar-refractivity contribution >= 4 is 17.4 Å². The van der Waals surface area contributed by atoms with Crippen LogP contribution in [0.5, 0.6) is 0 Å². The molecule has 1 heterocycles. The Balaban J connectivity index is 1.98. The molecule has 4 heteroatoms. The number of likely N-dealkylation sites (tertiary alicyclic amines) is 1. The van der Waals surface area contributed by atoms with Crippen molar-refractivity contribution < 1.29 is 14.7 Å². The zero-order valence-electron chi connectivity index (χ0n) is 11.6. The van der Waals surface area contributed by atoms with Crippen molar-refractivity contribution in [3.8, 4) is 0 Å². The number of benzene rings is 1. The maximum atomic E-state index is 12.2. The SMILES string of the molecule is C/C(=C\C(=O)N1CCC(C(=O)O)CC1)c1ccccc1. The number of carboxylic acids is 1. The average molecular weight is 273 g/mol. The van der Waals surface area contributed by atoms with E-state index in [1.807, 2.05) is 37.3 Å². The van der Waals surface area contributed by atoms with E-state index in [0.29, 0.717) is 25.9 Å². The maximum Gasteiger partial charge on any atom is 0.306 e. The van der Waals surface area contributed by atoms with Crippen LogP contribution in [0.15, 0.2) is 36.4 Å². The van der Waals surface area contributed by atoms with Crippen LogP contribution in [0.3, 0.4) is 0 Å². The van der Waals surface area contributed by atoms with Gasteiger partial charge in [-0.1, -0.05) is 30.3 Å². The number of hydrogen-bond donors (Lipinski definition) is 1. The summed E-state index contributed by atoms with van der Waals surface area (Å²) in [7, 11) is 0. The highest BCUT2D eigenvalue weighted by Crippen LogP contribution is 2.19. The van der Waals surface area contributed by atoms with Gasteiger partial charge >= 0.3 is 5.97 Å². The molecule has 0 aromatic heterocycles. The van der Waals surface area contributed by atoms with Gasteiger partial charge in [-0.15, -0.1) is 0 Å². The second-order valence-corrected chi connectivity index (χ2v) is 5.13. The number of aliphatic carboxylic acids is 1. The molecule has 1 fully saturated rings. The summed E-state index contributed by atoms with van der Waals surface area (Å²) in [6.45, 7) is 2.96. The Morgan fingerprint density at radius 3 is 2.35 bits per heavy atom. The van der Waals surface area contributed by atoms with Crippen LogP contribution in [0.2, 0.25) is 0 Å². The highest BCUT2D eigenvalue weighted by molar-refractivity contribution is 5.95. The number of allylic oxidation sites excluding steroid dienone is 1. The van der Waals surface area contributed by atoms with E-state index in [4.69, 9.17) is 5.11 Å². The lowest BCUT2D eigenvalue weighted by molar-refractivity contribution is -0.144. The number of carboxylic acid groups (broad SMARTS) is 1. The van der Waals surface area contributed by atoms with Gasteiger partial charge in [0.1, 0.15) is 0 Å². The molecule has 0 bridgehead atoms. The largest absolute Gasteiger partial charge is 0.481 e. The van der Waals surface area contributed by atoms with Gasteiger partial charge in [0.25, 0.3) is 0 Å². The first-order valence-electron chi connectivity index (χ1n) is 6.83. The molecule has 1 N–H and O–H groups in total. The van der Waals surface area contributed by atoms with Gasteiger partial charge in [0.2, 0.25) is 5.91 Å². The quantitative estimate of drug-likeness (QED) is 0.860. The lowest BCUT2D eigenvalue weighted by Crippen LogP contribution is -2.39. The normalized spacial score (nSPS) is 17.1. The second kappa shape index (κ2) is 6.37. The summed E-state index contributed by atoms with van der Waals surface area (Å²) >= 11 is 0. The van der Waals surface area contributed by atoms with Crippen molar-refractivity contribution in [3.05, 3.63) is 42.0 Å². The molecule has 1 aromatic carbocycles. The predicted octanol–water partition coefficient (Wildman–Crippen LogP) is 2.41. The van der Waals surface area contributed by atoms with Gasteiger partial charge in [-0.2, -0.15) is 0 Å². The van der Waals surface area contributed by atoms with E-state index in [-0.39, 0.29) is 11.8 Å². The lowest BCUT2D eigenvalue weighted by atomic mass is 9.97. The number of carbonyl (C=O) groups excluding carboxylic acids is 1. The Kier molecular flexibility index (Phi) is 4.56. The van der Waals surface area contributed by atoms with E-state index in [1.54, 1.807) is 11.0 Å². The predicted molar refractivity (Wildman–Crippen MR) is 77.0 cm³/mol. The average Bonchev–Trinajstić information content (AvgIpc) is 2.48. The summed E-state index contributed by atoms with van der Waals surface area (Å²) in [5.41, 5.74) is 1.96. The number of hydrogen-bond acceptors (Lipinski definition) is 2. The first-order chi connectivity index (χ1) is 9.58. The summed E-state index contributed by atoms with van der Waals surface area (Å²) in [6, 6.07) is 9.76. The zero-order chi connectivity index (χ0) is 14.5. The zero-order valence-corrected chi connectivity index (χ0v) is 11.6. The van der Waals surface area contributed by atoms with E-state index in [2.05, 4.69) is 0 Å². The molecule has 106 valence electrons. The lowest BCUT2D eigenvalue weighted by Gasteiger charge is -2.29. The Morgan fingerprint density at radius 1 is 1.20 bits per heavy atom. The summed E-state index contributed by atoms with van der Waals surface area (Å²) in [4.78, 5) is 24.8. The van der Waals surface area contributed by atoms with Crippen LogP contribution in [0.25, 0.3) is 5.57 Å². The Labute approximate surface area is 118 Å². The highest BCUT2D eigenvalue weighted by Gasteiger charge is 2.26. The first-order valence-corrected chi connectivity index (χ1v) is 6.83. The fraction of sp³-hybridized carbons (Fsp3) is 0.375. The third-order valence-electron chi connectivity index (χ3n) is 3.72. The van der Waals surface area contributed by atoms with Crippen molar-refractivity contribution in [3.63, 3.8) is 0 Å². The minimum absolute atomic E-state index is 0.0322. The first kappa shape index (κ1) is 14.3.